The summed E-state index contributed by atoms with van der Waals surface area (Å²) in [6, 6.07) is 9.51. The molecule has 0 N–H and O–H groups in total. The monoisotopic (exact) mass is 208 g/mol. The fourth-order valence-electron chi connectivity index (χ4n) is 1.12. The molecule has 3 nitrogen and oxygen atoms in total. The van der Waals surface area contributed by atoms with Crippen molar-refractivity contribution in [3.63, 3.8) is 0 Å². The van der Waals surface area contributed by atoms with Crippen molar-refractivity contribution >= 4 is 5.97 Å². The third kappa shape index (κ3) is 5.18. The summed E-state index contributed by atoms with van der Waals surface area (Å²) >= 11 is 0. The number of carbonyl (C=O) groups is 1. The molecule has 0 unspecified atom stereocenters. The number of hydrogen-bond acceptors (Lipinski definition) is 3. The average molecular weight is 208 g/mol. The molecule has 1 rings (SSSR count). The van der Waals surface area contributed by atoms with Crippen molar-refractivity contribution < 1.29 is 14.3 Å². The minimum absolute atomic E-state index is 0.0551. The van der Waals surface area contributed by atoms with Crippen LogP contribution >= 0.6 is 0 Å². The van der Waals surface area contributed by atoms with Gasteiger partial charge >= 0.3 is 5.97 Å². The molecule has 3 heteroatoms. The molecule has 0 aliphatic rings. The van der Waals surface area contributed by atoms with Crippen LogP contribution in [0.5, 0.6) is 0 Å². The van der Waals surface area contributed by atoms with E-state index in [0.717, 1.165) is 12.0 Å². The van der Waals surface area contributed by atoms with Crippen LogP contribution in [0.1, 0.15) is 18.9 Å². The topological polar surface area (TPSA) is 35.5 Å². The van der Waals surface area contributed by atoms with E-state index >= 15 is 0 Å². The van der Waals surface area contributed by atoms with Gasteiger partial charge in [-0.25, -0.2) is 0 Å². The van der Waals surface area contributed by atoms with Crippen LogP contribution in [0.2, 0.25) is 0 Å². The van der Waals surface area contributed by atoms with E-state index in [1.54, 1.807) is 0 Å². The van der Waals surface area contributed by atoms with Crippen molar-refractivity contribution in [1.29, 1.82) is 0 Å². The molecule has 0 radical (unpaired) electrons. The summed E-state index contributed by atoms with van der Waals surface area (Å²) in [5.41, 5.74) is 0.956. The maximum Gasteiger partial charge on any atom is 0.312 e. The van der Waals surface area contributed by atoms with Gasteiger partial charge in [0.25, 0.3) is 0 Å². The first-order chi connectivity index (χ1) is 7.33. The SMILES string of the molecule is CCCOCOC(=O)Cc1ccccc1. The average Bonchev–Trinajstić information content (AvgIpc) is 2.26. The lowest BCUT2D eigenvalue weighted by Gasteiger charge is -2.04. The Labute approximate surface area is 90.0 Å². The summed E-state index contributed by atoms with van der Waals surface area (Å²) in [5, 5.41) is 0. The highest BCUT2D eigenvalue weighted by molar-refractivity contribution is 5.72. The van der Waals surface area contributed by atoms with Gasteiger partial charge in [-0.15, -0.1) is 0 Å². The fraction of sp³-hybridized carbons (Fsp3) is 0.417. The van der Waals surface area contributed by atoms with E-state index in [4.69, 9.17) is 9.47 Å². The summed E-state index contributed by atoms with van der Waals surface area (Å²) in [7, 11) is 0. The second-order valence-corrected chi connectivity index (χ2v) is 3.20. The molecule has 0 aliphatic carbocycles. The molecule has 0 spiro atoms. The van der Waals surface area contributed by atoms with Gasteiger partial charge in [0, 0.05) is 0 Å². The van der Waals surface area contributed by atoms with Gasteiger partial charge in [-0.05, 0) is 12.0 Å². The number of benzene rings is 1. The van der Waals surface area contributed by atoms with Gasteiger partial charge in [-0.2, -0.15) is 0 Å². The molecule has 15 heavy (non-hydrogen) atoms. The van der Waals surface area contributed by atoms with Crippen molar-refractivity contribution in [1.82, 2.24) is 0 Å². The molecule has 0 saturated heterocycles. The molecule has 82 valence electrons. The maximum absolute atomic E-state index is 11.3. The number of ether oxygens (including phenoxy) is 2. The van der Waals surface area contributed by atoms with Gasteiger partial charge in [-0.3, -0.25) is 4.79 Å². The predicted octanol–water partition coefficient (Wildman–Crippen LogP) is 2.16. The van der Waals surface area contributed by atoms with Gasteiger partial charge < -0.3 is 9.47 Å². The number of carbonyl (C=O) groups excluding carboxylic acids is 1. The summed E-state index contributed by atoms with van der Waals surface area (Å²) in [4.78, 5) is 11.3. The molecule has 0 amide bonds. The zero-order valence-corrected chi connectivity index (χ0v) is 8.94. The second kappa shape index (κ2) is 7.01. The molecule has 0 saturated carbocycles. The first-order valence-corrected chi connectivity index (χ1v) is 5.10. The predicted molar refractivity (Wildman–Crippen MR) is 57.3 cm³/mol. The van der Waals surface area contributed by atoms with Crippen LogP contribution in [0.4, 0.5) is 0 Å². The highest BCUT2D eigenvalue weighted by atomic mass is 16.7. The molecular weight excluding hydrogens is 192 g/mol. The van der Waals surface area contributed by atoms with Crippen molar-refractivity contribution in [2.75, 3.05) is 13.4 Å². The Bertz CT molecular complexity index is 282. The minimum atomic E-state index is -0.252. The lowest BCUT2D eigenvalue weighted by atomic mass is 10.2. The van der Waals surface area contributed by atoms with Gasteiger partial charge in [0.2, 0.25) is 0 Å². The second-order valence-electron chi connectivity index (χ2n) is 3.20. The van der Waals surface area contributed by atoms with E-state index in [1.807, 2.05) is 37.3 Å². The minimum Gasteiger partial charge on any atom is -0.438 e. The Morgan fingerprint density at radius 2 is 2.00 bits per heavy atom. The van der Waals surface area contributed by atoms with Crippen molar-refractivity contribution in [3.8, 4) is 0 Å². The lowest BCUT2D eigenvalue weighted by Crippen LogP contribution is -2.11. The fourth-order valence-corrected chi connectivity index (χ4v) is 1.12. The van der Waals surface area contributed by atoms with Crippen molar-refractivity contribution in [3.05, 3.63) is 35.9 Å². The van der Waals surface area contributed by atoms with Crippen LogP contribution in [0.25, 0.3) is 0 Å². The Morgan fingerprint density at radius 3 is 2.67 bits per heavy atom. The molecule has 0 aromatic heterocycles. The van der Waals surface area contributed by atoms with E-state index in [0.29, 0.717) is 13.0 Å². The Kier molecular flexibility index (Phi) is 5.48. The molecule has 0 aliphatic heterocycles. The Morgan fingerprint density at radius 1 is 1.27 bits per heavy atom. The lowest BCUT2D eigenvalue weighted by molar-refractivity contribution is -0.155. The molecule has 1 aromatic rings. The molecule has 0 fully saturated rings. The van der Waals surface area contributed by atoms with E-state index in [2.05, 4.69) is 0 Å². The van der Waals surface area contributed by atoms with E-state index < -0.39 is 0 Å². The summed E-state index contributed by atoms with van der Waals surface area (Å²) < 4.78 is 9.93. The van der Waals surface area contributed by atoms with Crippen molar-refractivity contribution in [2.45, 2.75) is 19.8 Å². The third-order valence-corrected chi connectivity index (χ3v) is 1.84. The smallest absolute Gasteiger partial charge is 0.312 e. The number of hydrogen-bond donors (Lipinski definition) is 0. The molecule has 0 atom stereocenters. The third-order valence-electron chi connectivity index (χ3n) is 1.84. The van der Waals surface area contributed by atoms with Crippen LogP contribution in [0, 0.1) is 0 Å². The molecule has 0 bridgehead atoms. The highest BCUT2D eigenvalue weighted by Crippen LogP contribution is 2.00. The Balaban J connectivity index is 2.19. The number of esters is 1. The van der Waals surface area contributed by atoms with Gasteiger partial charge in [0.1, 0.15) is 0 Å². The Hall–Kier alpha value is -1.35. The first-order valence-electron chi connectivity index (χ1n) is 5.10. The largest absolute Gasteiger partial charge is 0.438 e. The normalized spacial score (nSPS) is 9.93. The van der Waals surface area contributed by atoms with E-state index in [-0.39, 0.29) is 12.8 Å². The van der Waals surface area contributed by atoms with E-state index in [1.165, 1.54) is 0 Å². The zero-order valence-electron chi connectivity index (χ0n) is 8.94. The molecule has 0 heterocycles. The number of rotatable bonds is 6. The van der Waals surface area contributed by atoms with Gasteiger partial charge in [0.15, 0.2) is 6.79 Å². The van der Waals surface area contributed by atoms with Crippen LogP contribution < -0.4 is 0 Å². The van der Waals surface area contributed by atoms with E-state index in [9.17, 15) is 4.79 Å². The highest BCUT2D eigenvalue weighted by Gasteiger charge is 2.03. The van der Waals surface area contributed by atoms with Crippen LogP contribution in [-0.4, -0.2) is 19.4 Å². The quantitative estimate of drug-likeness (QED) is 0.408. The van der Waals surface area contributed by atoms with Crippen LogP contribution in [0.15, 0.2) is 30.3 Å². The van der Waals surface area contributed by atoms with Crippen molar-refractivity contribution in [2.24, 2.45) is 0 Å². The van der Waals surface area contributed by atoms with Gasteiger partial charge in [0.05, 0.1) is 13.0 Å². The first kappa shape index (κ1) is 11.7. The summed E-state index contributed by atoms with van der Waals surface area (Å²) in [5.74, 6) is -0.252. The molecular formula is C12H16O3. The zero-order chi connectivity index (χ0) is 10.9. The van der Waals surface area contributed by atoms with Gasteiger partial charge in [-0.1, -0.05) is 37.3 Å². The summed E-state index contributed by atoms with van der Waals surface area (Å²) in [6.45, 7) is 2.68. The molecule has 1 aromatic carbocycles. The van der Waals surface area contributed by atoms with Crippen LogP contribution in [0.3, 0.4) is 0 Å². The van der Waals surface area contributed by atoms with Crippen LogP contribution in [-0.2, 0) is 20.7 Å². The maximum atomic E-state index is 11.3. The standard InChI is InChI=1S/C12H16O3/c1-2-8-14-10-15-12(13)9-11-6-4-3-5-7-11/h3-7H,2,8-10H2,1H3. The summed E-state index contributed by atoms with van der Waals surface area (Å²) in [6.07, 6.45) is 1.23.